The Kier molecular flexibility index (Phi) is 5.05. The summed E-state index contributed by atoms with van der Waals surface area (Å²) in [6.45, 7) is 4.57. The zero-order valence-electron chi connectivity index (χ0n) is 12.6. The van der Waals surface area contributed by atoms with Gasteiger partial charge in [0.05, 0.1) is 6.61 Å². The first-order chi connectivity index (χ1) is 9.58. The molecule has 3 heteroatoms. The van der Waals surface area contributed by atoms with Crippen molar-refractivity contribution in [2.45, 2.75) is 52.4 Å². The molecule has 1 aromatic rings. The van der Waals surface area contributed by atoms with E-state index in [0.717, 1.165) is 35.8 Å². The molecule has 1 aliphatic rings. The van der Waals surface area contributed by atoms with Crippen LogP contribution in [-0.4, -0.2) is 12.5 Å². The van der Waals surface area contributed by atoms with Crippen molar-refractivity contribution in [3.05, 3.63) is 28.8 Å². The van der Waals surface area contributed by atoms with Crippen molar-refractivity contribution >= 4 is 5.91 Å². The minimum absolute atomic E-state index is 0.367. The van der Waals surface area contributed by atoms with Crippen molar-refractivity contribution in [2.24, 2.45) is 11.7 Å². The quantitative estimate of drug-likeness (QED) is 0.889. The second-order valence-electron chi connectivity index (χ2n) is 5.94. The highest BCUT2D eigenvalue weighted by atomic mass is 16.5. The Labute approximate surface area is 121 Å². The van der Waals surface area contributed by atoms with Gasteiger partial charge in [0.15, 0.2) is 0 Å². The minimum Gasteiger partial charge on any atom is -0.494 e. The van der Waals surface area contributed by atoms with Crippen LogP contribution >= 0.6 is 0 Å². The van der Waals surface area contributed by atoms with Crippen molar-refractivity contribution in [3.8, 4) is 5.75 Å². The summed E-state index contributed by atoms with van der Waals surface area (Å²) in [5.74, 6) is 1.31. The van der Waals surface area contributed by atoms with E-state index in [1.165, 1.54) is 32.1 Å². The van der Waals surface area contributed by atoms with Crippen LogP contribution < -0.4 is 10.5 Å². The number of rotatable bonds is 5. The van der Waals surface area contributed by atoms with Crippen LogP contribution in [0.25, 0.3) is 0 Å². The summed E-state index contributed by atoms with van der Waals surface area (Å²) >= 11 is 0. The SMILES string of the molecule is Cc1cc(OCCC2CCCCC2)cc(C)c1C(N)=O. The molecule has 1 aromatic carbocycles. The van der Waals surface area contributed by atoms with Gasteiger partial charge in [-0.3, -0.25) is 4.79 Å². The van der Waals surface area contributed by atoms with Crippen molar-refractivity contribution in [1.82, 2.24) is 0 Å². The number of carbonyl (C=O) groups excluding carboxylic acids is 1. The summed E-state index contributed by atoms with van der Waals surface area (Å²) in [6, 6.07) is 3.82. The van der Waals surface area contributed by atoms with Gasteiger partial charge in [0.1, 0.15) is 5.75 Å². The number of benzene rings is 1. The largest absolute Gasteiger partial charge is 0.494 e. The van der Waals surface area contributed by atoms with Crippen LogP contribution in [0.4, 0.5) is 0 Å². The van der Waals surface area contributed by atoms with Crippen LogP contribution in [0, 0.1) is 19.8 Å². The fourth-order valence-corrected chi connectivity index (χ4v) is 3.22. The molecule has 0 unspecified atom stereocenters. The smallest absolute Gasteiger partial charge is 0.249 e. The number of carbonyl (C=O) groups is 1. The zero-order chi connectivity index (χ0) is 14.5. The van der Waals surface area contributed by atoms with Crippen LogP contribution in [0.1, 0.15) is 60.0 Å². The molecule has 1 saturated carbocycles. The molecule has 0 atom stereocenters. The molecule has 3 nitrogen and oxygen atoms in total. The van der Waals surface area contributed by atoms with E-state index in [1.54, 1.807) is 0 Å². The second kappa shape index (κ2) is 6.78. The maximum absolute atomic E-state index is 11.4. The summed E-state index contributed by atoms with van der Waals surface area (Å²) in [5, 5.41) is 0. The summed E-state index contributed by atoms with van der Waals surface area (Å²) in [7, 11) is 0. The predicted molar refractivity (Wildman–Crippen MR) is 81.1 cm³/mol. The highest BCUT2D eigenvalue weighted by Crippen LogP contribution is 2.27. The maximum Gasteiger partial charge on any atom is 0.249 e. The molecule has 20 heavy (non-hydrogen) atoms. The van der Waals surface area contributed by atoms with Crippen molar-refractivity contribution in [3.63, 3.8) is 0 Å². The lowest BCUT2D eigenvalue weighted by molar-refractivity contribution is 0.0999. The molecular weight excluding hydrogens is 250 g/mol. The third-order valence-electron chi connectivity index (χ3n) is 4.27. The molecule has 1 fully saturated rings. The van der Waals surface area contributed by atoms with E-state index in [9.17, 15) is 4.79 Å². The average Bonchev–Trinajstić information content (AvgIpc) is 2.38. The number of hydrogen-bond acceptors (Lipinski definition) is 2. The van der Waals surface area contributed by atoms with Gasteiger partial charge in [-0.15, -0.1) is 0 Å². The third kappa shape index (κ3) is 3.75. The summed E-state index contributed by atoms with van der Waals surface area (Å²) < 4.78 is 5.85. The van der Waals surface area contributed by atoms with Crippen LogP contribution in [-0.2, 0) is 0 Å². The standard InChI is InChI=1S/C17H25NO2/c1-12-10-15(11-13(2)16(12)17(18)19)20-9-8-14-6-4-3-5-7-14/h10-11,14H,3-9H2,1-2H3,(H2,18,19). The zero-order valence-corrected chi connectivity index (χ0v) is 12.6. The first-order valence-corrected chi connectivity index (χ1v) is 7.62. The Morgan fingerprint density at radius 2 is 1.80 bits per heavy atom. The van der Waals surface area contributed by atoms with E-state index >= 15 is 0 Å². The molecular formula is C17H25NO2. The molecule has 0 spiro atoms. The Morgan fingerprint density at radius 3 is 2.35 bits per heavy atom. The maximum atomic E-state index is 11.4. The molecule has 0 saturated heterocycles. The Morgan fingerprint density at radius 1 is 1.20 bits per heavy atom. The molecule has 1 aliphatic carbocycles. The van der Waals surface area contributed by atoms with Crippen LogP contribution in [0.3, 0.4) is 0 Å². The van der Waals surface area contributed by atoms with Gasteiger partial charge in [0.2, 0.25) is 5.91 Å². The second-order valence-corrected chi connectivity index (χ2v) is 5.94. The Bertz CT molecular complexity index is 453. The highest BCUT2D eigenvalue weighted by molar-refractivity contribution is 5.96. The summed E-state index contributed by atoms with van der Waals surface area (Å²) in [6.07, 6.45) is 7.97. The van der Waals surface area contributed by atoms with E-state index in [2.05, 4.69) is 0 Å². The molecule has 0 radical (unpaired) electrons. The number of amides is 1. The normalized spacial score (nSPS) is 16.1. The number of primary amides is 1. The summed E-state index contributed by atoms with van der Waals surface area (Å²) in [5.41, 5.74) is 7.79. The van der Waals surface area contributed by atoms with Crippen molar-refractivity contribution < 1.29 is 9.53 Å². The number of hydrogen-bond donors (Lipinski definition) is 1. The Balaban J connectivity index is 1.91. The fraction of sp³-hybridized carbons (Fsp3) is 0.588. The van der Waals surface area contributed by atoms with Crippen LogP contribution in [0.2, 0.25) is 0 Å². The van der Waals surface area contributed by atoms with Gasteiger partial charge in [0.25, 0.3) is 0 Å². The van der Waals surface area contributed by atoms with Gasteiger partial charge in [-0.25, -0.2) is 0 Å². The molecule has 110 valence electrons. The van der Waals surface area contributed by atoms with Crippen molar-refractivity contribution in [1.29, 1.82) is 0 Å². The molecule has 2 rings (SSSR count). The van der Waals surface area contributed by atoms with Gasteiger partial charge >= 0.3 is 0 Å². The van der Waals surface area contributed by atoms with Gasteiger partial charge in [-0.1, -0.05) is 32.1 Å². The van der Waals surface area contributed by atoms with Crippen LogP contribution in [0.15, 0.2) is 12.1 Å². The third-order valence-corrected chi connectivity index (χ3v) is 4.27. The molecule has 0 aromatic heterocycles. The molecule has 2 N–H and O–H groups in total. The van der Waals surface area contributed by atoms with Gasteiger partial charge in [-0.05, 0) is 49.4 Å². The first-order valence-electron chi connectivity index (χ1n) is 7.62. The predicted octanol–water partition coefficient (Wildman–Crippen LogP) is 3.75. The monoisotopic (exact) mass is 275 g/mol. The number of ether oxygens (including phenoxy) is 1. The van der Waals surface area contributed by atoms with E-state index in [1.807, 2.05) is 26.0 Å². The van der Waals surface area contributed by atoms with Gasteiger partial charge < -0.3 is 10.5 Å². The van der Waals surface area contributed by atoms with E-state index in [4.69, 9.17) is 10.5 Å². The highest BCUT2D eigenvalue weighted by Gasteiger charge is 2.14. The molecule has 1 amide bonds. The van der Waals surface area contributed by atoms with Gasteiger partial charge in [-0.2, -0.15) is 0 Å². The van der Waals surface area contributed by atoms with E-state index < -0.39 is 0 Å². The number of nitrogens with two attached hydrogens (primary N) is 1. The minimum atomic E-state index is -0.367. The number of aryl methyl sites for hydroxylation is 2. The van der Waals surface area contributed by atoms with Crippen LogP contribution in [0.5, 0.6) is 5.75 Å². The lowest BCUT2D eigenvalue weighted by Crippen LogP contribution is -2.15. The molecule has 0 bridgehead atoms. The topological polar surface area (TPSA) is 52.3 Å². The van der Waals surface area contributed by atoms with E-state index in [0.29, 0.717) is 5.56 Å². The molecule has 0 heterocycles. The summed E-state index contributed by atoms with van der Waals surface area (Å²) in [4.78, 5) is 11.4. The van der Waals surface area contributed by atoms with Gasteiger partial charge in [0, 0.05) is 5.56 Å². The first kappa shape index (κ1) is 14.9. The molecule has 0 aliphatic heterocycles. The lowest BCUT2D eigenvalue weighted by Gasteiger charge is -2.21. The lowest BCUT2D eigenvalue weighted by atomic mass is 9.87. The average molecular weight is 275 g/mol. The Hall–Kier alpha value is -1.51. The van der Waals surface area contributed by atoms with E-state index in [-0.39, 0.29) is 5.91 Å². The fourth-order valence-electron chi connectivity index (χ4n) is 3.22. The van der Waals surface area contributed by atoms with Crippen molar-refractivity contribution in [2.75, 3.05) is 6.61 Å².